The molecule has 0 radical (unpaired) electrons. The summed E-state index contributed by atoms with van der Waals surface area (Å²) in [7, 11) is 0. The highest BCUT2D eigenvalue weighted by atomic mass is 16.5. The van der Waals surface area contributed by atoms with Crippen molar-refractivity contribution >= 4 is 0 Å². The molecule has 63 heavy (non-hydrogen) atoms. The van der Waals surface area contributed by atoms with E-state index in [9.17, 15) is 0 Å². The van der Waals surface area contributed by atoms with Gasteiger partial charge in [0.1, 0.15) is 70.6 Å². The van der Waals surface area contributed by atoms with Gasteiger partial charge >= 0.3 is 0 Å². The molecule has 332 valence electrons. The SMILES string of the molecule is CCc1ccc(CCC(CC(Oc2ccc(OC(C)(C)C)cc2)c2ccc(COc3ccc(OC(C)(C)C)cc3)cc2)c2ccc(COc3ccc(OC(C)(C)C)cc3)cc2)cc1. The molecule has 6 aromatic carbocycles. The number of benzene rings is 6. The fraction of sp³-hybridized carbons (Fsp3) is 0.368. The van der Waals surface area contributed by atoms with Crippen LogP contribution in [0, 0.1) is 0 Å². The number of rotatable bonds is 19. The van der Waals surface area contributed by atoms with Gasteiger partial charge in [0.05, 0.1) is 0 Å². The van der Waals surface area contributed by atoms with Gasteiger partial charge in [0.2, 0.25) is 0 Å². The number of hydrogen-bond donors (Lipinski definition) is 0. The first-order chi connectivity index (χ1) is 29.9. The lowest BCUT2D eigenvalue weighted by molar-refractivity contribution is 0.130. The van der Waals surface area contributed by atoms with E-state index in [2.05, 4.69) is 100 Å². The molecule has 6 heteroatoms. The molecule has 0 N–H and O–H groups in total. The minimum absolute atomic E-state index is 0.211. The summed E-state index contributed by atoms with van der Waals surface area (Å²) in [4.78, 5) is 0. The highest BCUT2D eigenvalue weighted by Gasteiger charge is 2.23. The van der Waals surface area contributed by atoms with E-state index >= 15 is 0 Å². The zero-order valence-corrected chi connectivity index (χ0v) is 39.2. The lowest BCUT2D eigenvalue weighted by atomic mass is 9.85. The van der Waals surface area contributed by atoms with Crippen molar-refractivity contribution in [2.24, 2.45) is 0 Å². The molecule has 0 bridgehead atoms. The van der Waals surface area contributed by atoms with Crippen molar-refractivity contribution in [1.29, 1.82) is 0 Å². The third-order valence-electron chi connectivity index (χ3n) is 10.3. The summed E-state index contributed by atoms with van der Waals surface area (Å²) >= 11 is 0. The lowest BCUT2D eigenvalue weighted by Crippen LogP contribution is -2.22. The molecule has 0 aromatic heterocycles. The average molecular weight is 849 g/mol. The molecule has 0 aliphatic heterocycles. The second-order valence-electron chi connectivity index (χ2n) is 19.4. The summed E-state index contributed by atoms with van der Waals surface area (Å²) in [6.07, 6.45) is 3.52. The van der Waals surface area contributed by atoms with E-state index in [4.69, 9.17) is 28.4 Å². The van der Waals surface area contributed by atoms with Crippen molar-refractivity contribution in [3.63, 3.8) is 0 Å². The fourth-order valence-corrected chi connectivity index (χ4v) is 7.28. The van der Waals surface area contributed by atoms with Gasteiger partial charge in [0.25, 0.3) is 0 Å². The van der Waals surface area contributed by atoms with Gasteiger partial charge in [-0.05, 0) is 200 Å². The topological polar surface area (TPSA) is 55.4 Å². The Morgan fingerprint density at radius 3 is 1.13 bits per heavy atom. The van der Waals surface area contributed by atoms with Crippen LogP contribution in [0.25, 0.3) is 0 Å². The summed E-state index contributed by atoms with van der Waals surface area (Å²) in [5.41, 5.74) is 6.47. The van der Waals surface area contributed by atoms with Crippen molar-refractivity contribution < 1.29 is 28.4 Å². The van der Waals surface area contributed by atoms with Gasteiger partial charge in [0, 0.05) is 0 Å². The summed E-state index contributed by atoms with van der Waals surface area (Å²) in [5.74, 6) is 5.08. The zero-order chi connectivity index (χ0) is 45.0. The lowest BCUT2D eigenvalue weighted by Gasteiger charge is -2.26. The first-order valence-corrected chi connectivity index (χ1v) is 22.5. The van der Waals surface area contributed by atoms with Crippen molar-refractivity contribution in [1.82, 2.24) is 0 Å². The van der Waals surface area contributed by atoms with Gasteiger partial charge in [-0.3, -0.25) is 0 Å². The van der Waals surface area contributed by atoms with Gasteiger partial charge < -0.3 is 28.4 Å². The Morgan fingerprint density at radius 1 is 0.381 bits per heavy atom. The first-order valence-electron chi connectivity index (χ1n) is 22.5. The van der Waals surface area contributed by atoms with Crippen molar-refractivity contribution in [2.75, 3.05) is 0 Å². The number of ether oxygens (including phenoxy) is 6. The van der Waals surface area contributed by atoms with E-state index in [1.807, 2.05) is 114 Å². The molecule has 2 unspecified atom stereocenters. The molecule has 0 fully saturated rings. The maximum Gasteiger partial charge on any atom is 0.124 e. The van der Waals surface area contributed by atoms with Crippen LogP contribution in [0.3, 0.4) is 0 Å². The van der Waals surface area contributed by atoms with E-state index in [0.29, 0.717) is 13.2 Å². The third kappa shape index (κ3) is 15.8. The fourth-order valence-electron chi connectivity index (χ4n) is 7.28. The maximum absolute atomic E-state index is 6.95. The summed E-state index contributed by atoms with van der Waals surface area (Å²) in [6, 6.07) is 50.3. The number of hydrogen-bond acceptors (Lipinski definition) is 6. The highest BCUT2D eigenvalue weighted by molar-refractivity contribution is 5.36. The molecule has 0 saturated heterocycles. The Balaban J connectivity index is 1.21. The average Bonchev–Trinajstić information content (AvgIpc) is 3.24. The van der Waals surface area contributed by atoms with E-state index in [-0.39, 0.29) is 28.8 Å². The Hall–Kier alpha value is -5.88. The van der Waals surface area contributed by atoms with Gasteiger partial charge in [-0.15, -0.1) is 0 Å². The molecule has 0 saturated carbocycles. The van der Waals surface area contributed by atoms with Crippen LogP contribution in [-0.4, -0.2) is 16.8 Å². The Labute approximate surface area is 377 Å². The van der Waals surface area contributed by atoms with Crippen LogP contribution in [0.1, 0.15) is 127 Å². The minimum Gasteiger partial charge on any atom is -0.489 e. The largest absolute Gasteiger partial charge is 0.489 e. The zero-order valence-electron chi connectivity index (χ0n) is 39.2. The van der Waals surface area contributed by atoms with Crippen LogP contribution in [0.4, 0.5) is 0 Å². The van der Waals surface area contributed by atoms with Gasteiger partial charge in [0.15, 0.2) is 0 Å². The summed E-state index contributed by atoms with van der Waals surface area (Å²) in [6.45, 7) is 21.6. The Morgan fingerprint density at radius 2 is 0.730 bits per heavy atom. The quantitative estimate of drug-likeness (QED) is 0.0809. The molecular formula is C57H68O6. The van der Waals surface area contributed by atoms with Crippen molar-refractivity contribution in [2.45, 2.75) is 137 Å². The normalized spacial score (nSPS) is 12.9. The maximum atomic E-state index is 6.95. The molecule has 6 aromatic rings. The van der Waals surface area contributed by atoms with Gasteiger partial charge in [-0.2, -0.15) is 0 Å². The van der Waals surface area contributed by atoms with Crippen LogP contribution >= 0.6 is 0 Å². The van der Waals surface area contributed by atoms with Crippen LogP contribution in [-0.2, 0) is 26.1 Å². The van der Waals surface area contributed by atoms with Gasteiger partial charge in [-0.1, -0.05) is 79.7 Å². The predicted molar refractivity (Wildman–Crippen MR) is 257 cm³/mol. The summed E-state index contributed by atoms with van der Waals surface area (Å²) < 4.78 is 37.5. The standard InChI is InChI=1S/C57H68O6/c1-11-41-12-14-42(15-13-41)16-25-47(45-21-17-43(18-22-45)39-58-48-26-32-51(33-27-48)61-55(2,3)4)38-54(60-50-30-36-53(37-31-50)63-57(8,9)10)46-23-19-44(20-24-46)40-59-49-28-34-52(35-29-49)62-56(5,6)7/h12-15,17-24,26-37,47,54H,11,16,25,38-40H2,1-10H3. The summed E-state index contributed by atoms with van der Waals surface area (Å²) in [5, 5.41) is 0. The molecule has 6 nitrogen and oxygen atoms in total. The minimum atomic E-state index is -0.292. The van der Waals surface area contributed by atoms with E-state index in [1.54, 1.807) is 0 Å². The first kappa shape index (κ1) is 46.6. The molecule has 0 aliphatic rings. The van der Waals surface area contributed by atoms with Crippen LogP contribution in [0.5, 0.6) is 34.5 Å². The third-order valence-corrected chi connectivity index (χ3v) is 10.3. The van der Waals surface area contributed by atoms with E-state index in [0.717, 1.165) is 76.9 Å². The molecule has 0 spiro atoms. The Bertz CT molecular complexity index is 2260. The predicted octanol–water partition coefficient (Wildman–Crippen LogP) is 14.9. The second-order valence-corrected chi connectivity index (χ2v) is 19.4. The monoisotopic (exact) mass is 849 g/mol. The second kappa shape index (κ2) is 21.0. The van der Waals surface area contributed by atoms with Crippen molar-refractivity contribution in [3.8, 4) is 34.5 Å². The number of aryl methyl sites for hydroxylation is 2. The molecular weight excluding hydrogens is 781 g/mol. The highest BCUT2D eigenvalue weighted by Crippen LogP contribution is 2.37. The van der Waals surface area contributed by atoms with Crippen LogP contribution < -0.4 is 28.4 Å². The molecule has 2 atom stereocenters. The van der Waals surface area contributed by atoms with Gasteiger partial charge in [-0.25, -0.2) is 0 Å². The van der Waals surface area contributed by atoms with Crippen molar-refractivity contribution in [3.05, 3.63) is 179 Å². The molecule has 6 rings (SSSR count). The molecule has 0 heterocycles. The van der Waals surface area contributed by atoms with E-state index < -0.39 is 0 Å². The smallest absolute Gasteiger partial charge is 0.124 e. The molecule has 0 amide bonds. The van der Waals surface area contributed by atoms with Crippen LogP contribution in [0.2, 0.25) is 0 Å². The van der Waals surface area contributed by atoms with E-state index in [1.165, 1.54) is 16.7 Å². The molecule has 0 aliphatic carbocycles. The van der Waals surface area contributed by atoms with Crippen LogP contribution in [0.15, 0.2) is 146 Å². The Kier molecular flexibility index (Phi) is 15.5.